The minimum atomic E-state index is -0.186. The van der Waals surface area contributed by atoms with Gasteiger partial charge in [0.25, 0.3) is 0 Å². The molecule has 0 atom stereocenters. The van der Waals surface area contributed by atoms with Crippen molar-refractivity contribution < 1.29 is 9.32 Å². The van der Waals surface area contributed by atoms with E-state index in [0.29, 0.717) is 17.0 Å². The van der Waals surface area contributed by atoms with Gasteiger partial charge in [0.15, 0.2) is 0 Å². The van der Waals surface area contributed by atoms with Crippen LogP contribution < -0.4 is 5.32 Å². The maximum atomic E-state index is 12.6. The lowest BCUT2D eigenvalue weighted by atomic mass is 10.0. The van der Waals surface area contributed by atoms with E-state index in [-0.39, 0.29) is 18.2 Å². The summed E-state index contributed by atoms with van der Waals surface area (Å²) >= 11 is 0. The van der Waals surface area contributed by atoms with Crippen LogP contribution in [0.15, 0.2) is 71.6 Å². The smallest absolute Gasteiger partial charge is 0.241 e. The second-order valence-corrected chi connectivity index (χ2v) is 6.84. The summed E-state index contributed by atoms with van der Waals surface area (Å²) < 4.78 is 5.54. The van der Waals surface area contributed by atoms with Crippen LogP contribution in [0.3, 0.4) is 0 Å². The first-order valence-electron chi connectivity index (χ1n) is 9.29. The lowest BCUT2D eigenvalue weighted by Gasteiger charge is -2.07. The van der Waals surface area contributed by atoms with Crippen LogP contribution in [0.25, 0.3) is 22.5 Å². The number of hydrogen-bond acceptors (Lipinski definition) is 5. The molecule has 1 amide bonds. The zero-order chi connectivity index (χ0) is 20.2. The van der Waals surface area contributed by atoms with Crippen LogP contribution in [-0.2, 0) is 11.2 Å². The van der Waals surface area contributed by atoms with Crippen molar-refractivity contribution in [2.24, 2.45) is 0 Å². The van der Waals surface area contributed by atoms with Gasteiger partial charge in [0, 0.05) is 11.8 Å². The first-order chi connectivity index (χ1) is 14.1. The van der Waals surface area contributed by atoms with E-state index in [9.17, 15) is 4.79 Å². The molecule has 4 rings (SSSR count). The highest BCUT2D eigenvalue weighted by Gasteiger charge is 2.22. The summed E-state index contributed by atoms with van der Waals surface area (Å²) in [5.74, 6) is 0.0900. The Bertz CT molecular complexity index is 1140. The number of carbonyl (C=O) groups excluding carboxylic acids is 1. The van der Waals surface area contributed by atoms with Crippen LogP contribution in [0.4, 0.5) is 5.88 Å². The molecule has 6 heteroatoms. The fourth-order valence-corrected chi connectivity index (χ4v) is 3.09. The molecule has 0 unspecified atom stereocenters. The molecule has 0 radical (unpaired) electrons. The molecule has 2 aromatic carbocycles. The monoisotopic (exact) mass is 384 g/mol. The van der Waals surface area contributed by atoms with Crippen molar-refractivity contribution in [1.29, 1.82) is 0 Å². The van der Waals surface area contributed by atoms with Gasteiger partial charge < -0.3 is 4.52 Å². The topological polar surface area (TPSA) is 80.9 Å². The number of nitrogens with zero attached hydrogens (tertiary/aromatic N) is 3. The normalized spacial score (nSPS) is 10.7. The molecular formula is C23H20N4O2. The Balaban J connectivity index is 1.71. The zero-order valence-corrected chi connectivity index (χ0v) is 16.2. The van der Waals surface area contributed by atoms with Crippen LogP contribution in [0.5, 0.6) is 0 Å². The molecule has 144 valence electrons. The second kappa shape index (κ2) is 8.06. The van der Waals surface area contributed by atoms with Crippen molar-refractivity contribution in [1.82, 2.24) is 15.1 Å². The Morgan fingerprint density at radius 2 is 1.86 bits per heavy atom. The van der Waals surface area contributed by atoms with Crippen LogP contribution in [0, 0.1) is 13.8 Å². The minimum absolute atomic E-state index is 0.186. The summed E-state index contributed by atoms with van der Waals surface area (Å²) in [6, 6.07) is 17.4. The van der Waals surface area contributed by atoms with Crippen molar-refractivity contribution in [3.8, 4) is 22.5 Å². The van der Waals surface area contributed by atoms with Crippen LogP contribution >= 0.6 is 0 Å². The highest BCUT2D eigenvalue weighted by molar-refractivity contribution is 5.97. The van der Waals surface area contributed by atoms with E-state index in [2.05, 4.69) is 27.4 Å². The second-order valence-electron chi connectivity index (χ2n) is 6.84. The van der Waals surface area contributed by atoms with Gasteiger partial charge in [0.1, 0.15) is 12.0 Å². The number of carbonyl (C=O) groups is 1. The van der Waals surface area contributed by atoms with E-state index in [1.807, 2.05) is 55.5 Å². The molecule has 0 saturated carbocycles. The van der Waals surface area contributed by atoms with Crippen LogP contribution in [0.2, 0.25) is 0 Å². The molecule has 0 fully saturated rings. The van der Waals surface area contributed by atoms with Gasteiger partial charge in [0.2, 0.25) is 11.8 Å². The predicted molar refractivity (Wildman–Crippen MR) is 111 cm³/mol. The van der Waals surface area contributed by atoms with Gasteiger partial charge >= 0.3 is 0 Å². The predicted octanol–water partition coefficient (Wildman–Crippen LogP) is 4.60. The fourth-order valence-electron chi connectivity index (χ4n) is 3.09. The molecule has 0 spiro atoms. The van der Waals surface area contributed by atoms with Gasteiger partial charge in [-0.2, -0.15) is 0 Å². The Kier molecular flexibility index (Phi) is 5.16. The van der Waals surface area contributed by atoms with Gasteiger partial charge in [-0.1, -0.05) is 47.6 Å². The van der Waals surface area contributed by atoms with Crippen molar-refractivity contribution in [2.75, 3.05) is 5.32 Å². The summed E-state index contributed by atoms with van der Waals surface area (Å²) in [6.07, 6.45) is 3.35. The number of benzene rings is 2. The molecule has 0 aliphatic carbocycles. The van der Waals surface area contributed by atoms with E-state index < -0.39 is 0 Å². The summed E-state index contributed by atoms with van der Waals surface area (Å²) in [5.41, 5.74) is 6.05. The number of hydrogen-bond donors (Lipinski definition) is 1. The lowest BCUT2D eigenvalue weighted by molar-refractivity contribution is -0.115. The minimum Gasteiger partial charge on any atom is -0.337 e. The maximum absolute atomic E-state index is 12.6. The van der Waals surface area contributed by atoms with Crippen molar-refractivity contribution >= 4 is 11.8 Å². The maximum Gasteiger partial charge on any atom is 0.241 e. The quantitative estimate of drug-likeness (QED) is 0.544. The Morgan fingerprint density at radius 3 is 2.59 bits per heavy atom. The number of anilines is 1. The first-order valence-corrected chi connectivity index (χ1v) is 9.29. The van der Waals surface area contributed by atoms with Gasteiger partial charge in [-0.15, -0.1) is 0 Å². The molecule has 4 aromatic rings. The molecule has 29 heavy (non-hydrogen) atoms. The van der Waals surface area contributed by atoms with E-state index in [0.717, 1.165) is 16.7 Å². The van der Waals surface area contributed by atoms with Crippen molar-refractivity contribution in [3.63, 3.8) is 0 Å². The van der Waals surface area contributed by atoms with Gasteiger partial charge in [-0.25, -0.2) is 9.97 Å². The molecule has 1 N–H and O–H groups in total. The first kappa shape index (κ1) is 18.6. The molecule has 2 aromatic heterocycles. The third kappa shape index (κ3) is 4.06. The van der Waals surface area contributed by atoms with Crippen molar-refractivity contribution in [2.45, 2.75) is 20.3 Å². The summed E-state index contributed by atoms with van der Waals surface area (Å²) in [5, 5.41) is 7.09. The van der Waals surface area contributed by atoms with E-state index in [1.165, 1.54) is 11.9 Å². The summed E-state index contributed by atoms with van der Waals surface area (Å²) in [7, 11) is 0. The number of nitrogens with one attached hydrogen (secondary N) is 1. The summed E-state index contributed by atoms with van der Waals surface area (Å²) in [4.78, 5) is 20.9. The molecule has 0 aliphatic rings. The molecule has 0 aliphatic heterocycles. The molecule has 6 nitrogen and oxygen atoms in total. The average molecular weight is 384 g/mol. The van der Waals surface area contributed by atoms with Gasteiger partial charge in [-0.3, -0.25) is 10.1 Å². The molecule has 0 bridgehead atoms. The largest absolute Gasteiger partial charge is 0.337 e. The van der Waals surface area contributed by atoms with Crippen molar-refractivity contribution in [3.05, 3.63) is 83.8 Å². The highest BCUT2D eigenvalue weighted by atomic mass is 16.5. The van der Waals surface area contributed by atoms with E-state index in [1.54, 1.807) is 12.3 Å². The number of rotatable bonds is 5. The van der Waals surface area contributed by atoms with E-state index in [4.69, 9.17) is 4.52 Å². The third-order valence-electron chi connectivity index (χ3n) is 4.77. The molecular weight excluding hydrogens is 364 g/mol. The number of aryl methyl sites for hydroxylation is 2. The Labute approximate surface area is 168 Å². The fraction of sp³-hybridized carbons (Fsp3) is 0.130. The van der Waals surface area contributed by atoms with Crippen LogP contribution in [-0.4, -0.2) is 21.0 Å². The Hall–Kier alpha value is -3.80. The molecule has 2 heterocycles. The SMILES string of the molecule is Cc1ccc(-c2noc(NC(=O)Cc3ccccc3)c2-c2ccncn2)cc1C. The third-order valence-corrected chi connectivity index (χ3v) is 4.77. The lowest BCUT2D eigenvalue weighted by Crippen LogP contribution is -2.14. The standard InChI is InChI=1S/C23H20N4O2/c1-15-8-9-18(12-16(15)2)22-21(19-10-11-24-14-25-19)23(29-27-22)26-20(28)13-17-6-4-3-5-7-17/h3-12,14H,13H2,1-2H3,(H,26,28). The molecule has 0 saturated heterocycles. The zero-order valence-electron chi connectivity index (χ0n) is 16.2. The Morgan fingerprint density at radius 1 is 1.03 bits per heavy atom. The van der Waals surface area contributed by atoms with Gasteiger partial charge in [-0.05, 0) is 42.7 Å². The van der Waals surface area contributed by atoms with Crippen LogP contribution in [0.1, 0.15) is 16.7 Å². The van der Waals surface area contributed by atoms with E-state index >= 15 is 0 Å². The summed E-state index contributed by atoms with van der Waals surface area (Å²) in [6.45, 7) is 4.11. The number of aromatic nitrogens is 3. The average Bonchev–Trinajstić information content (AvgIpc) is 3.14. The van der Waals surface area contributed by atoms with Gasteiger partial charge in [0.05, 0.1) is 17.7 Å². The highest BCUT2D eigenvalue weighted by Crippen LogP contribution is 2.37. The number of amides is 1.